The topological polar surface area (TPSA) is 53.0 Å². The minimum absolute atomic E-state index is 0.0746. The molecular formula is C32H38N2O3. The van der Waals surface area contributed by atoms with Crippen LogP contribution in [-0.4, -0.2) is 64.2 Å². The van der Waals surface area contributed by atoms with Crippen LogP contribution in [0, 0.1) is 11.8 Å². The third-order valence-corrected chi connectivity index (χ3v) is 11.3. The molecule has 5 fully saturated rings. The second-order valence-corrected chi connectivity index (χ2v) is 12.8. The second kappa shape index (κ2) is 8.07. The Kier molecular flexibility index (Phi) is 4.93. The first-order chi connectivity index (χ1) is 18.1. The van der Waals surface area contributed by atoms with Gasteiger partial charge in [-0.3, -0.25) is 9.69 Å². The number of benzene rings is 2. The quantitative estimate of drug-likeness (QED) is 0.653. The number of aromatic hydroxyl groups is 1. The molecule has 1 amide bonds. The average Bonchev–Trinajstić information content (AvgIpc) is 3.38. The second-order valence-electron chi connectivity index (χ2n) is 12.8. The number of hydrogen-bond acceptors (Lipinski definition) is 4. The van der Waals surface area contributed by atoms with Crippen LogP contribution in [0.25, 0.3) is 0 Å². The highest BCUT2D eigenvalue weighted by Crippen LogP contribution is 2.69. The molecule has 4 bridgehead atoms. The molecule has 3 heterocycles. The van der Waals surface area contributed by atoms with E-state index in [1.165, 1.54) is 49.8 Å². The Morgan fingerprint density at radius 2 is 1.86 bits per heavy atom. The van der Waals surface area contributed by atoms with Gasteiger partial charge in [0.25, 0.3) is 5.91 Å². The van der Waals surface area contributed by atoms with Crippen LogP contribution in [0.5, 0.6) is 5.75 Å². The van der Waals surface area contributed by atoms with E-state index < -0.39 is 0 Å². The number of amides is 1. The van der Waals surface area contributed by atoms with Crippen molar-refractivity contribution >= 4 is 5.91 Å². The fourth-order valence-corrected chi connectivity index (χ4v) is 10.1. The zero-order valence-electron chi connectivity index (χ0n) is 21.6. The first kappa shape index (κ1) is 22.6. The molecular weight excluding hydrogens is 460 g/mol. The zero-order chi connectivity index (χ0) is 24.8. The van der Waals surface area contributed by atoms with Crippen molar-refractivity contribution in [2.75, 3.05) is 19.6 Å². The van der Waals surface area contributed by atoms with Gasteiger partial charge in [-0.15, -0.1) is 0 Å². The number of carbonyl (C=O) groups is 1. The molecule has 3 aliphatic carbocycles. The van der Waals surface area contributed by atoms with Crippen LogP contribution < -0.4 is 0 Å². The first-order valence-electron chi connectivity index (χ1n) is 14.7. The van der Waals surface area contributed by atoms with E-state index >= 15 is 0 Å². The Hall–Kier alpha value is -2.37. The lowest BCUT2D eigenvalue weighted by molar-refractivity contribution is -0.172. The van der Waals surface area contributed by atoms with Crippen molar-refractivity contribution in [2.45, 2.75) is 87.0 Å². The Balaban J connectivity index is 1.21. The largest absolute Gasteiger partial charge is 0.508 e. The monoisotopic (exact) mass is 498 g/mol. The number of nitrogens with zero attached hydrogens (tertiary/aromatic N) is 2. The van der Waals surface area contributed by atoms with Crippen LogP contribution in [0.2, 0.25) is 0 Å². The molecule has 5 nitrogen and oxygen atoms in total. The standard InChI is InChI=1S/C32H38N2O3/c35-24-12-11-23-17-28-32-14-13-26-29(27(37-32)20-34(26)30(36)22-9-5-2-6-10-22)31(32,25(23)18-24)15-16-33(28)19-21-7-3-1-4-8-21/h2,5-6,9-12,18,21,26-29,35H,1,3-4,7-8,13-17,19-20H2/t26?,27-,28?,29?,31?,32?/m1/s1. The molecule has 0 spiro atoms. The van der Waals surface area contributed by atoms with Gasteiger partial charge in [0.05, 0.1) is 11.7 Å². The molecule has 6 atom stereocenters. The average molecular weight is 499 g/mol. The number of likely N-dealkylation sites (tertiary alicyclic amines) is 2. The molecule has 6 aliphatic rings. The number of phenolic OH excluding ortho intramolecular Hbond substituents is 1. The molecule has 3 saturated heterocycles. The van der Waals surface area contributed by atoms with Crippen LogP contribution in [0.15, 0.2) is 48.5 Å². The predicted molar refractivity (Wildman–Crippen MR) is 142 cm³/mol. The third kappa shape index (κ3) is 2.96. The zero-order valence-corrected chi connectivity index (χ0v) is 21.6. The maximum Gasteiger partial charge on any atom is 0.254 e. The summed E-state index contributed by atoms with van der Waals surface area (Å²) in [5, 5.41) is 10.7. The highest BCUT2D eigenvalue weighted by Gasteiger charge is 2.78. The molecule has 5 unspecified atom stereocenters. The Labute approximate surface area is 219 Å². The number of hydrogen-bond donors (Lipinski definition) is 1. The maximum absolute atomic E-state index is 13.7. The van der Waals surface area contributed by atoms with Gasteiger partial charge in [0.2, 0.25) is 0 Å². The molecule has 2 saturated carbocycles. The molecule has 0 aromatic heterocycles. The molecule has 0 radical (unpaired) electrons. The molecule has 2 aromatic rings. The van der Waals surface area contributed by atoms with Crippen molar-refractivity contribution in [3.63, 3.8) is 0 Å². The molecule has 2 aromatic carbocycles. The van der Waals surface area contributed by atoms with Gasteiger partial charge in [0.15, 0.2) is 0 Å². The predicted octanol–water partition coefficient (Wildman–Crippen LogP) is 4.91. The molecule has 37 heavy (non-hydrogen) atoms. The lowest BCUT2D eigenvalue weighted by atomic mass is 9.46. The number of phenols is 1. The van der Waals surface area contributed by atoms with Crippen molar-refractivity contribution in [3.05, 3.63) is 65.2 Å². The van der Waals surface area contributed by atoms with Crippen molar-refractivity contribution in [1.82, 2.24) is 9.80 Å². The Morgan fingerprint density at radius 3 is 2.70 bits per heavy atom. The van der Waals surface area contributed by atoms with Crippen molar-refractivity contribution in [2.24, 2.45) is 11.8 Å². The summed E-state index contributed by atoms with van der Waals surface area (Å²) in [4.78, 5) is 18.6. The summed E-state index contributed by atoms with van der Waals surface area (Å²) in [6.45, 7) is 3.00. The van der Waals surface area contributed by atoms with E-state index in [4.69, 9.17) is 4.74 Å². The fourth-order valence-electron chi connectivity index (χ4n) is 10.1. The number of carbonyl (C=O) groups excluding carboxylic acids is 1. The van der Waals surface area contributed by atoms with Gasteiger partial charge in [0, 0.05) is 42.1 Å². The highest BCUT2D eigenvalue weighted by molar-refractivity contribution is 5.94. The fraction of sp³-hybridized carbons (Fsp3) is 0.594. The van der Waals surface area contributed by atoms with Gasteiger partial charge in [-0.1, -0.05) is 43.5 Å². The number of ether oxygens (including phenoxy) is 1. The van der Waals surface area contributed by atoms with Gasteiger partial charge in [-0.05, 0) is 86.4 Å². The lowest BCUT2D eigenvalue weighted by Crippen LogP contribution is -2.74. The van der Waals surface area contributed by atoms with Gasteiger partial charge in [-0.2, -0.15) is 0 Å². The lowest BCUT2D eigenvalue weighted by Gasteiger charge is -2.65. The summed E-state index contributed by atoms with van der Waals surface area (Å²) < 4.78 is 7.34. The Morgan fingerprint density at radius 1 is 1.03 bits per heavy atom. The Bertz CT molecular complexity index is 1230. The highest BCUT2D eigenvalue weighted by atomic mass is 16.5. The van der Waals surface area contributed by atoms with E-state index in [1.54, 1.807) is 0 Å². The van der Waals surface area contributed by atoms with E-state index in [0.29, 0.717) is 24.3 Å². The molecule has 1 N–H and O–H groups in total. The molecule has 5 heteroatoms. The van der Waals surface area contributed by atoms with E-state index in [1.807, 2.05) is 36.4 Å². The van der Waals surface area contributed by atoms with Gasteiger partial charge >= 0.3 is 0 Å². The van der Waals surface area contributed by atoms with Crippen LogP contribution >= 0.6 is 0 Å². The summed E-state index contributed by atoms with van der Waals surface area (Å²) in [6, 6.07) is 16.5. The SMILES string of the molecule is O=C(c1ccccc1)N1C[C@H]2OC34CCC1C2C31CCN(CC2CCCCC2)C4Cc2ccc(O)cc21. The van der Waals surface area contributed by atoms with Gasteiger partial charge in [0.1, 0.15) is 5.75 Å². The van der Waals surface area contributed by atoms with Crippen molar-refractivity contribution in [1.29, 1.82) is 0 Å². The molecule has 3 aliphatic heterocycles. The molecule has 8 rings (SSSR count). The van der Waals surface area contributed by atoms with E-state index in [-0.39, 0.29) is 29.1 Å². The molecule has 194 valence electrons. The minimum Gasteiger partial charge on any atom is -0.508 e. The normalized spacial score (nSPS) is 38.3. The maximum atomic E-state index is 13.7. The van der Waals surface area contributed by atoms with E-state index in [9.17, 15) is 9.90 Å². The third-order valence-electron chi connectivity index (χ3n) is 11.3. The van der Waals surface area contributed by atoms with E-state index in [0.717, 1.165) is 43.7 Å². The summed E-state index contributed by atoms with van der Waals surface area (Å²) in [5.41, 5.74) is 3.18. The summed E-state index contributed by atoms with van der Waals surface area (Å²) in [5.74, 6) is 1.62. The van der Waals surface area contributed by atoms with Crippen LogP contribution in [-0.2, 0) is 16.6 Å². The minimum atomic E-state index is -0.200. The summed E-state index contributed by atoms with van der Waals surface area (Å²) >= 11 is 0. The van der Waals surface area contributed by atoms with Crippen LogP contribution in [0.4, 0.5) is 0 Å². The number of fused-ring (bicyclic) bond motifs is 1. The van der Waals surface area contributed by atoms with Crippen molar-refractivity contribution in [3.8, 4) is 5.75 Å². The van der Waals surface area contributed by atoms with Crippen molar-refractivity contribution < 1.29 is 14.6 Å². The summed E-state index contributed by atoms with van der Waals surface area (Å²) in [6.07, 6.45) is 11.1. The summed E-state index contributed by atoms with van der Waals surface area (Å²) in [7, 11) is 0. The smallest absolute Gasteiger partial charge is 0.254 e. The van der Waals surface area contributed by atoms with Gasteiger partial charge in [-0.25, -0.2) is 0 Å². The van der Waals surface area contributed by atoms with Crippen LogP contribution in [0.3, 0.4) is 0 Å². The number of piperidine rings is 1. The van der Waals surface area contributed by atoms with Gasteiger partial charge < -0.3 is 14.7 Å². The van der Waals surface area contributed by atoms with E-state index in [2.05, 4.69) is 21.9 Å². The first-order valence-corrected chi connectivity index (χ1v) is 14.7. The number of rotatable bonds is 3. The van der Waals surface area contributed by atoms with Crippen LogP contribution in [0.1, 0.15) is 72.9 Å².